The smallest absolute Gasteiger partial charge is 0.250 e. The largest absolute Gasteiger partial charge is 0.384 e. The molecule has 1 aliphatic rings. The molecule has 0 spiro atoms. The first-order valence-electron chi connectivity index (χ1n) is 6.25. The van der Waals surface area contributed by atoms with Crippen molar-refractivity contribution in [2.24, 2.45) is 0 Å². The van der Waals surface area contributed by atoms with E-state index in [1.807, 2.05) is 39.0 Å². The zero-order valence-corrected chi connectivity index (χ0v) is 11.2. The van der Waals surface area contributed by atoms with Gasteiger partial charge in [-0.15, -0.1) is 0 Å². The van der Waals surface area contributed by atoms with Gasteiger partial charge in [-0.3, -0.25) is 4.79 Å². The molecule has 0 unspecified atom stereocenters. The summed E-state index contributed by atoms with van der Waals surface area (Å²) in [6, 6.07) is 5.93. The van der Waals surface area contributed by atoms with E-state index < -0.39 is 0 Å². The molecule has 2 N–H and O–H groups in total. The lowest BCUT2D eigenvalue weighted by molar-refractivity contribution is -0.125. The van der Waals surface area contributed by atoms with Gasteiger partial charge in [0.2, 0.25) is 5.91 Å². The van der Waals surface area contributed by atoms with Gasteiger partial charge in [0, 0.05) is 17.9 Å². The van der Waals surface area contributed by atoms with Crippen LogP contribution in [0.25, 0.3) is 0 Å². The van der Waals surface area contributed by atoms with E-state index >= 15 is 0 Å². The summed E-state index contributed by atoms with van der Waals surface area (Å²) in [7, 11) is 0. The molecule has 4 heteroatoms. The van der Waals surface area contributed by atoms with Gasteiger partial charge in [-0.25, -0.2) is 0 Å². The van der Waals surface area contributed by atoms with Gasteiger partial charge >= 0.3 is 0 Å². The fourth-order valence-electron chi connectivity index (χ4n) is 1.86. The highest BCUT2D eigenvalue weighted by Gasteiger charge is 2.14. The number of rotatable bonds is 3. The standard InChI is InChI=1S/C14H20N2O2/c1-14(2,3)18-9-13(17)16-11-4-5-12-10(8-11)6-7-15-12/h4-5,8,15H,6-7,9H2,1-3H3,(H,16,17). The van der Waals surface area contributed by atoms with Crippen LogP contribution in [0.15, 0.2) is 18.2 Å². The fourth-order valence-corrected chi connectivity index (χ4v) is 1.86. The van der Waals surface area contributed by atoms with E-state index in [0.717, 1.165) is 18.7 Å². The molecule has 0 bridgehead atoms. The number of fused-ring (bicyclic) bond motifs is 1. The average Bonchev–Trinajstić information content (AvgIpc) is 2.72. The van der Waals surface area contributed by atoms with Crippen LogP contribution in [0.2, 0.25) is 0 Å². The Bertz CT molecular complexity index is 450. The minimum absolute atomic E-state index is 0.0822. The first kappa shape index (κ1) is 12.9. The van der Waals surface area contributed by atoms with Gasteiger partial charge in [-0.05, 0) is 51.0 Å². The van der Waals surface area contributed by atoms with Gasteiger partial charge in [0.25, 0.3) is 0 Å². The lowest BCUT2D eigenvalue weighted by Gasteiger charge is -2.19. The second-order valence-corrected chi connectivity index (χ2v) is 5.50. The van der Waals surface area contributed by atoms with Crippen molar-refractivity contribution in [3.8, 4) is 0 Å². The molecule has 0 atom stereocenters. The molecule has 98 valence electrons. The molecular formula is C14H20N2O2. The van der Waals surface area contributed by atoms with E-state index in [1.54, 1.807) is 0 Å². The molecule has 0 saturated carbocycles. The van der Waals surface area contributed by atoms with Gasteiger partial charge in [-0.2, -0.15) is 0 Å². The number of hydrogen-bond donors (Lipinski definition) is 2. The van der Waals surface area contributed by atoms with Crippen molar-refractivity contribution in [3.05, 3.63) is 23.8 Å². The summed E-state index contributed by atoms with van der Waals surface area (Å²) < 4.78 is 5.43. The third-order valence-corrected chi connectivity index (χ3v) is 2.74. The SMILES string of the molecule is CC(C)(C)OCC(=O)Nc1ccc2c(c1)CCN2. The highest BCUT2D eigenvalue weighted by molar-refractivity contribution is 5.92. The Morgan fingerprint density at radius 3 is 2.94 bits per heavy atom. The molecule has 18 heavy (non-hydrogen) atoms. The molecule has 1 amide bonds. The van der Waals surface area contributed by atoms with Crippen LogP contribution in [0.3, 0.4) is 0 Å². The van der Waals surface area contributed by atoms with Crippen LogP contribution in [0.5, 0.6) is 0 Å². The van der Waals surface area contributed by atoms with Crippen molar-refractivity contribution >= 4 is 17.3 Å². The van der Waals surface area contributed by atoms with Gasteiger partial charge in [0.05, 0.1) is 5.60 Å². The van der Waals surface area contributed by atoms with E-state index in [2.05, 4.69) is 10.6 Å². The van der Waals surface area contributed by atoms with Crippen molar-refractivity contribution < 1.29 is 9.53 Å². The molecule has 1 heterocycles. The number of nitrogens with one attached hydrogen (secondary N) is 2. The van der Waals surface area contributed by atoms with Crippen molar-refractivity contribution in [3.63, 3.8) is 0 Å². The lowest BCUT2D eigenvalue weighted by atomic mass is 10.1. The summed E-state index contributed by atoms with van der Waals surface area (Å²) in [4.78, 5) is 11.7. The van der Waals surface area contributed by atoms with Gasteiger partial charge < -0.3 is 15.4 Å². The van der Waals surface area contributed by atoms with E-state index in [9.17, 15) is 4.79 Å². The molecule has 1 aliphatic heterocycles. The van der Waals surface area contributed by atoms with Crippen LogP contribution in [0, 0.1) is 0 Å². The predicted molar refractivity (Wildman–Crippen MR) is 73.0 cm³/mol. The minimum Gasteiger partial charge on any atom is -0.384 e. The van der Waals surface area contributed by atoms with Gasteiger partial charge in [-0.1, -0.05) is 0 Å². The Morgan fingerprint density at radius 2 is 2.22 bits per heavy atom. The Hall–Kier alpha value is -1.55. The Labute approximate surface area is 108 Å². The summed E-state index contributed by atoms with van der Waals surface area (Å²) in [5.41, 5.74) is 2.96. The number of carbonyl (C=O) groups excluding carboxylic acids is 1. The van der Waals surface area contributed by atoms with E-state index in [4.69, 9.17) is 4.74 Å². The number of carbonyl (C=O) groups is 1. The van der Waals surface area contributed by atoms with Crippen LogP contribution in [-0.4, -0.2) is 24.7 Å². The topological polar surface area (TPSA) is 50.4 Å². The van der Waals surface area contributed by atoms with Crippen LogP contribution < -0.4 is 10.6 Å². The van der Waals surface area contributed by atoms with Gasteiger partial charge in [0.15, 0.2) is 0 Å². The van der Waals surface area contributed by atoms with Crippen molar-refractivity contribution in [1.82, 2.24) is 0 Å². The minimum atomic E-state index is -0.292. The molecule has 0 fully saturated rings. The maximum absolute atomic E-state index is 11.7. The summed E-state index contributed by atoms with van der Waals surface area (Å²) in [6.45, 7) is 6.85. The quantitative estimate of drug-likeness (QED) is 0.863. The molecule has 1 aromatic carbocycles. The van der Waals surface area contributed by atoms with Crippen LogP contribution in [0.1, 0.15) is 26.3 Å². The monoisotopic (exact) mass is 248 g/mol. The molecule has 0 radical (unpaired) electrons. The summed E-state index contributed by atoms with van der Waals surface area (Å²) in [6.07, 6.45) is 1.01. The number of anilines is 2. The first-order valence-corrected chi connectivity index (χ1v) is 6.25. The second kappa shape index (κ2) is 4.98. The molecule has 0 aliphatic carbocycles. The average molecular weight is 248 g/mol. The summed E-state index contributed by atoms with van der Waals surface area (Å²) in [5.74, 6) is -0.115. The number of benzene rings is 1. The van der Waals surface area contributed by atoms with Crippen LogP contribution in [-0.2, 0) is 16.0 Å². The first-order chi connectivity index (χ1) is 8.44. The van der Waals surface area contributed by atoms with E-state index in [-0.39, 0.29) is 18.1 Å². The highest BCUT2D eigenvalue weighted by atomic mass is 16.5. The van der Waals surface area contributed by atoms with Crippen molar-refractivity contribution in [1.29, 1.82) is 0 Å². The van der Waals surface area contributed by atoms with Crippen LogP contribution in [0.4, 0.5) is 11.4 Å². The molecule has 2 rings (SSSR count). The fraction of sp³-hybridized carbons (Fsp3) is 0.500. The summed E-state index contributed by atoms with van der Waals surface area (Å²) >= 11 is 0. The normalized spacial score (nSPS) is 13.9. The predicted octanol–water partition coefficient (Wildman–Crippen LogP) is 2.41. The highest BCUT2D eigenvalue weighted by Crippen LogP contribution is 2.25. The molecule has 0 saturated heterocycles. The van der Waals surface area contributed by atoms with Crippen LogP contribution >= 0.6 is 0 Å². The zero-order valence-electron chi connectivity index (χ0n) is 11.2. The number of hydrogen-bond acceptors (Lipinski definition) is 3. The maximum atomic E-state index is 11.7. The van der Waals surface area contributed by atoms with Gasteiger partial charge in [0.1, 0.15) is 6.61 Å². The number of amides is 1. The second-order valence-electron chi connectivity index (χ2n) is 5.50. The zero-order chi connectivity index (χ0) is 13.2. The third kappa shape index (κ3) is 3.47. The van der Waals surface area contributed by atoms with E-state index in [0.29, 0.717) is 0 Å². The molecule has 0 aromatic heterocycles. The number of ether oxygens (including phenoxy) is 1. The Morgan fingerprint density at radius 1 is 1.44 bits per heavy atom. The molecule has 4 nitrogen and oxygen atoms in total. The Kier molecular flexibility index (Phi) is 3.57. The summed E-state index contributed by atoms with van der Waals surface area (Å²) in [5, 5.41) is 6.14. The van der Waals surface area contributed by atoms with E-state index in [1.165, 1.54) is 11.3 Å². The third-order valence-electron chi connectivity index (χ3n) is 2.74. The molecule has 1 aromatic rings. The lowest BCUT2D eigenvalue weighted by Crippen LogP contribution is -2.27. The molecular weight excluding hydrogens is 228 g/mol. The Balaban J connectivity index is 1.91. The van der Waals surface area contributed by atoms with Crippen molar-refractivity contribution in [2.75, 3.05) is 23.8 Å². The van der Waals surface area contributed by atoms with Crippen molar-refractivity contribution in [2.45, 2.75) is 32.8 Å². The maximum Gasteiger partial charge on any atom is 0.250 e.